The summed E-state index contributed by atoms with van der Waals surface area (Å²) < 4.78 is 7.47. The highest BCUT2D eigenvalue weighted by Gasteiger charge is 2.09. The standard InChI is InChI=1S/C19H20N4O2/c1-15(14-23-11-5-10-22-23)12-21-19(24)16-8-9-18(20-13-16)25-17-6-3-2-4-7-17/h2-11,13,15H,12,14H2,1H3,(H,21,24). The monoisotopic (exact) mass is 336 g/mol. The van der Waals surface area contributed by atoms with Crippen molar-refractivity contribution >= 4 is 5.91 Å². The van der Waals surface area contributed by atoms with Gasteiger partial charge in [-0.3, -0.25) is 9.48 Å². The number of amides is 1. The number of pyridine rings is 1. The first-order chi connectivity index (χ1) is 12.2. The summed E-state index contributed by atoms with van der Waals surface area (Å²) in [7, 11) is 0. The fraction of sp³-hybridized carbons (Fsp3) is 0.211. The van der Waals surface area contributed by atoms with Gasteiger partial charge in [-0.05, 0) is 30.2 Å². The third-order valence-electron chi connectivity index (χ3n) is 3.63. The summed E-state index contributed by atoms with van der Waals surface area (Å²) in [5, 5.41) is 7.09. The van der Waals surface area contributed by atoms with Crippen molar-refractivity contribution in [2.24, 2.45) is 5.92 Å². The predicted octanol–water partition coefficient (Wildman–Crippen LogP) is 3.14. The van der Waals surface area contributed by atoms with E-state index in [1.165, 1.54) is 6.20 Å². The van der Waals surface area contributed by atoms with E-state index in [0.717, 1.165) is 6.54 Å². The number of ether oxygens (including phenoxy) is 1. The first kappa shape index (κ1) is 16.7. The number of rotatable bonds is 7. The summed E-state index contributed by atoms with van der Waals surface area (Å²) in [5.41, 5.74) is 0.506. The molecule has 25 heavy (non-hydrogen) atoms. The van der Waals surface area contributed by atoms with E-state index in [1.807, 2.05) is 47.3 Å². The predicted molar refractivity (Wildman–Crippen MR) is 94.5 cm³/mol. The van der Waals surface area contributed by atoms with Crippen LogP contribution in [0.5, 0.6) is 11.6 Å². The zero-order valence-electron chi connectivity index (χ0n) is 14.0. The molecule has 128 valence electrons. The van der Waals surface area contributed by atoms with Crippen LogP contribution in [0.1, 0.15) is 17.3 Å². The van der Waals surface area contributed by atoms with E-state index in [-0.39, 0.29) is 11.8 Å². The number of aromatic nitrogens is 3. The van der Waals surface area contributed by atoms with Crippen LogP contribution in [-0.2, 0) is 6.54 Å². The van der Waals surface area contributed by atoms with Gasteiger partial charge in [0, 0.05) is 37.7 Å². The fourth-order valence-corrected chi connectivity index (χ4v) is 2.35. The number of carbonyl (C=O) groups is 1. The van der Waals surface area contributed by atoms with Gasteiger partial charge < -0.3 is 10.1 Å². The van der Waals surface area contributed by atoms with Crippen LogP contribution in [-0.4, -0.2) is 27.2 Å². The summed E-state index contributed by atoms with van der Waals surface area (Å²) in [5.74, 6) is 1.29. The molecule has 6 nitrogen and oxygen atoms in total. The smallest absolute Gasteiger partial charge is 0.252 e. The zero-order chi connectivity index (χ0) is 17.5. The summed E-state index contributed by atoms with van der Waals surface area (Å²) >= 11 is 0. The molecule has 0 spiro atoms. The van der Waals surface area contributed by atoms with Gasteiger partial charge in [0.2, 0.25) is 5.88 Å². The highest BCUT2D eigenvalue weighted by molar-refractivity contribution is 5.93. The van der Waals surface area contributed by atoms with Gasteiger partial charge in [-0.1, -0.05) is 25.1 Å². The summed E-state index contributed by atoms with van der Waals surface area (Å²) in [4.78, 5) is 16.4. The lowest BCUT2D eigenvalue weighted by Gasteiger charge is -2.13. The third kappa shape index (κ3) is 4.91. The largest absolute Gasteiger partial charge is 0.439 e. The van der Waals surface area contributed by atoms with Gasteiger partial charge in [-0.25, -0.2) is 4.98 Å². The van der Waals surface area contributed by atoms with Gasteiger partial charge >= 0.3 is 0 Å². The van der Waals surface area contributed by atoms with Crippen LogP contribution >= 0.6 is 0 Å². The molecular formula is C19H20N4O2. The van der Waals surface area contributed by atoms with Crippen molar-refractivity contribution < 1.29 is 9.53 Å². The number of benzene rings is 1. The molecule has 0 aliphatic heterocycles. The number of nitrogens with zero attached hydrogens (tertiary/aromatic N) is 3. The van der Waals surface area contributed by atoms with Crippen molar-refractivity contribution in [1.29, 1.82) is 0 Å². The first-order valence-corrected chi connectivity index (χ1v) is 8.15. The SMILES string of the molecule is CC(CNC(=O)c1ccc(Oc2ccccc2)nc1)Cn1cccn1. The van der Waals surface area contributed by atoms with E-state index in [0.29, 0.717) is 23.7 Å². The molecule has 3 rings (SSSR count). The van der Waals surface area contributed by atoms with Gasteiger partial charge in [-0.2, -0.15) is 5.10 Å². The number of carbonyl (C=O) groups excluding carboxylic acids is 1. The second-order valence-corrected chi connectivity index (χ2v) is 5.84. The maximum Gasteiger partial charge on any atom is 0.252 e. The van der Waals surface area contributed by atoms with E-state index in [2.05, 4.69) is 22.3 Å². The second-order valence-electron chi connectivity index (χ2n) is 5.84. The van der Waals surface area contributed by atoms with Gasteiger partial charge in [0.1, 0.15) is 5.75 Å². The molecule has 0 bridgehead atoms. The van der Waals surface area contributed by atoms with E-state index in [4.69, 9.17) is 4.74 Å². The van der Waals surface area contributed by atoms with Crippen LogP contribution in [0.25, 0.3) is 0 Å². The molecule has 0 radical (unpaired) electrons. The van der Waals surface area contributed by atoms with Crippen molar-refractivity contribution in [3.63, 3.8) is 0 Å². The number of hydrogen-bond donors (Lipinski definition) is 1. The van der Waals surface area contributed by atoms with Crippen LogP contribution in [0, 0.1) is 5.92 Å². The van der Waals surface area contributed by atoms with Gasteiger partial charge in [0.25, 0.3) is 5.91 Å². The first-order valence-electron chi connectivity index (χ1n) is 8.15. The molecule has 1 atom stereocenters. The number of para-hydroxylation sites is 1. The van der Waals surface area contributed by atoms with Crippen LogP contribution in [0.2, 0.25) is 0 Å². The van der Waals surface area contributed by atoms with Crippen molar-refractivity contribution in [2.75, 3.05) is 6.54 Å². The second kappa shape index (κ2) is 8.10. The van der Waals surface area contributed by atoms with Crippen LogP contribution in [0.3, 0.4) is 0 Å². The molecule has 0 aliphatic rings. The Balaban J connectivity index is 1.50. The minimum absolute atomic E-state index is 0.147. The summed E-state index contributed by atoms with van der Waals surface area (Å²) in [6.45, 7) is 3.40. The number of hydrogen-bond acceptors (Lipinski definition) is 4. The quantitative estimate of drug-likeness (QED) is 0.720. The average molecular weight is 336 g/mol. The molecule has 2 aromatic heterocycles. The van der Waals surface area contributed by atoms with Crippen LogP contribution < -0.4 is 10.1 Å². The molecule has 1 aromatic carbocycles. The van der Waals surface area contributed by atoms with Crippen LogP contribution in [0.4, 0.5) is 0 Å². The Morgan fingerprint density at radius 2 is 2.04 bits per heavy atom. The Morgan fingerprint density at radius 3 is 2.72 bits per heavy atom. The Bertz CT molecular complexity index is 786. The molecule has 0 fully saturated rings. The Kier molecular flexibility index (Phi) is 5.41. The molecular weight excluding hydrogens is 316 g/mol. The van der Waals surface area contributed by atoms with E-state index >= 15 is 0 Å². The lowest BCUT2D eigenvalue weighted by Crippen LogP contribution is -2.30. The van der Waals surface area contributed by atoms with Gasteiger partial charge in [0.15, 0.2) is 0 Å². The van der Waals surface area contributed by atoms with Crippen LogP contribution in [0.15, 0.2) is 67.1 Å². The maximum absolute atomic E-state index is 12.2. The highest BCUT2D eigenvalue weighted by Crippen LogP contribution is 2.18. The van der Waals surface area contributed by atoms with E-state index < -0.39 is 0 Å². The topological polar surface area (TPSA) is 69.0 Å². The van der Waals surface area contributed by atoms with E-state index in [1.54, 1.807) is 18.3 Å². The summed E-state index contributed by atoms with van der Waals surface area (Å²) in [6, 6.07) is 14.7. The third-order valence-corrected chi connectivity index (χ3v) is 3.63. The molecule has 6 heteroatoms. The van der Waals surface area contributed by atoms with Crippen molar-refractivity contribution in [1.82, 2.24) is 20.1 Å². The Morgan fingerprint density at radius 1 is 1.20 bits per heavy atom. The number of nitrogens with one attached hydrogen (secondary N) is 1. The minimum Gasteiger partial charge on any atom is -0.439 e. The maximum atomic E-state index is 12.2. The molecule has 0 saturated heterocycles. The molecule has 0 saturated carbocycles. The lowest BCUT2D eigenvalue weighted by atomic mass is 10.1. The van der Waals surface area contributed by atoms with Crippen molar-refractivity contribution in [3.05, 3.63) is 72.7 Å². The Hall–Kier alpha value is -3.15. The zero-order valence-corrected chi connectivity index (χ0v) is 14.0. The van der Waals surface area contributed by atoms with E-state index in [9.17, 15) is 4.79 Å². The molecule has 3 aromatic rings. The minimum atomic E-state index is -0.147. The molecule has 1 amide bonds. The van der Waals surface area contributed by atoms with Gasteiger partial charge in [-0.15, -0.1) is 0 Å². The Labute approximate surface area is 146 Å². The average Bonchev–Trinajstić information content (AvgIpc) is 3.14. The normalized spacial score (nSPS) is 11.7. The van der Waals surface area contributed by atoms with Crippen molar-refractivity contribution in [2.45, 2.75) is 13.5 Å². The molecule has 2 heterocycles. The fourth-order valence-electron chi connectivity index (χ4n) is 2.35. The van der Waals surface area contributed by atoms with Gasteiger partial charge in [0.05, 0.1) is 5.56 Å². The summed E-state index contributed by atoms with van der Waals surface area (Å²) in [6.07, 6.45) is 5.18. The molecule has 1 N–H and O–H groups in total. The lowest BCUT2D eigenvalue weighted by molar-refractivity contribution is 0.0946. The van der Waals surface area contributed by atoms with Crippen molar-refractivity contribution in [3.8, 4) is 11.6 Å². The highest BCUT2D eigenvalue weighted by atomic mass is 16.5. The molecule has 0 aliphatic carbocycles. The molecule has 1 unspecified atom stereocenters.